The molecule has 13 heavy (non-hydrogen) atoms. The van der Waals surface area contributed by atoms with Crippen molar-refractivity contribution in [2.45, 2.75) is 6.04 Å². The van der Waals surface area contributed by atoms with E-state index >= 15 is 0 Å². The zero-order valence-electron chi connectivity index (χ0n) is 7.93. The fraction of sp³-hybridized carbons (Fsp3) is 0.875. The Kier molecular flexibility index (Phi) is 4.74. The molecule has 5 nitrogen and oxygen atoms in total. The topological polar surface area (TPSA) is 62.4 Å². The summed E-state index contributed by atoms with van der Waals surface area (Å²) in [6.07, 6.45) is 0. The van der Waals surface area contributed by atoms with Crippen molar-refractivity contribution in [2.75, 3.05) is 39.9 Å². The first-order valence-electron chi connectivity index (χ1n) is 4.52. The van der Waals surface area contributed by atoms with Crippen LogP contribution in [0.1, 0.15) is 0 Å². The number of hydrogen-bond donors (Lipinski definition) is 3. The van der Waals surface area contributed by atoms with Gasteiger partial charge in [-0.1, -0.05) is 0 Å². The number of carbonyl (C=O) groups is 1. The van der Waals surface area contributed by atoms with Crippen molar-refractivity contribution in [1.29, 1.82) is 0 Å². The number of nitrogens with one attached hydrogen (secondary N) is 3. The van der Waals surface area contributed by atoms with E-state index in [0.29, 0.717) is 25.7 Å². The van der Waals surface area contributed by atoms with E-state index < -0.39 is 0 Å². The lowest BCUT2D eigenvalue weighted by Gasteiger charge is -2.27. The number of methoxy groups -OCH3 is 1. The Labute approximate surface area is 78.2 Å². The molecule has 0 aliphatic carbocycles. The van der Waals surface area contributed by atoms with E-state index in [4.69, 9.17) is 4.74 Å². The maximum Gasteiger partial charge on any atom is 0.234 e. The summed E-state index contributed by atoms with van der Waals surface area (Å²) >= 11 is 0. The van der Waals surface area contributed by atoms with Crippen molar-refractivity contribution in [3.8, 4) is 0 Å². The Balaban J connectivity index is 1.90. The number of hydrogen-bond acceptors (Lipinski definition) is 4. The summed E-state index contributed by atoms with van der Waals surface area (Å²) in [7, 11) is 1.62. The van der Waals surface area contributed by atoms with Crippen molar-refractivity contribution >= 4 is 5.91 Å². The molecule has 1 aliphatic heterocycles. The number of carbonyl (C=O) groups excluding carboxylic acids is 1. The fourth-order valence-corrected chi connectivity index (χ4v) is 1.03. The number of amides is 1. The molecule has 0 aromatic carbocycles. The standard InChI is InChI=1S/C8H17N3O2/c1-13-3-2-10-8(12)6-11-7-4-9-5-7/h7,9,11H,2-6H2,1H3,(H,10,12). The predicted molar refractivity (Wildman–Crippen MR) is 49.5 cm³/mol. The zero-order chi connectivity index (χ0) is 9.52. The van der Waals surface area contributed by atoms with Crippen molar-refractivity contribution < 1.29 is 9.53 Å². The van der Waals surface area contributed by atoms with Gasteiger partial charge >= 0.3 is 0 Å². The van der Waals surface area contributed by atoms with E-state index in [2.05, 4.69) is 16.0 Å². The molecule has 1 saturated heterocycles. The average molecular weight is 187 g/mol. The Morgan fingerprint density at radius 3 is 2.92 bits per heavy atom. The molecule has 3 N–H and O–H groups in total. The van der Waals surface area contributed by atoms with Crippen LogP contribution in [0.2, 0.25) is 0 Å². The van der Waals surface area contributed by atoms with E-state index in [1.165, 1.54) is 0 Å². The van der Waals surface area contributed by atoms with Crippen molar-refractivity contribution in [3.63, 3.8) is 0 Å². The van der Waals surface area contributed by atoms with Crippen LogP contribution in [0.3, 0.4) is 0 Å². The SMILES string of the molecule is COCCNC(=O)CNC1CNC1. The van der Waals surface area contributed by atoms with Crippen LogP contribution >= 0.6 is 0 Å². The molecule has 1 aliphatic rings. The second kappa shape index (κ2) is 5.90. The van der Waals surface area contributed by atoms with Crippen LogP contribution in [0.25, 0.3) is 0 Å². The summed E-state index contributed by atoms with van der Waals surface area (Å²) in [6, 6.07) is 0.466. The minimum absolute atomic E-state index is 0.0314. The van der Waals surface area contributed by atoms with Gasteiger partial charge in [0, 0.05) is 32.8 Å². The van der Waals surface area contributed by atoms with E-state index in [-0.39, 0.29) is 5.91 Å². The normalized spacial score (nSPS) is 16.7. The van der Waals surface area contributed by atoms with Gasteiger partial charge in [-0.05, 0) is 0 Å². The quantitative estimate of drug-likeness (QED) is 0.434. The van der Waals surface area contributed by atoms with Gasteiger partial charge in [-0.15, -0.1) is 0 Å². The summed E-state index contributed by atoms with van der Waals surface area (Å²) in [5.41, 5.74) is 0. The predicted octanol–water partition coefficient (Wildman–Crippen LogP) is -1.69. The van der Waals surface area contributed by atoms with Crippen LogP contribution in [-0.2, 0) is 9.53 Å². The van der Waals surface area contributed by atoms with Crippen molar-refractivity contribution in [2.24, 2.45) is 0 Å². The maximum absolute atomic E-state index is 11.1. The highest BCUT2D eigenvalue weighted by Crippen LogP contribution is 1.88. The van der Waals surface area contributed by atoms with Crippen LogP contribution < -0.4 is 16.0 Å². The van der Waals surface area contributed by atoms with E-state index in [1.54, 1.807) is 7.11 Å². The Hall–Kier alpha value is -0.650. The first kappa shape index (κ1) is 10.4. The third kappa shape index (κ3) is 4.21. The monoisotopic (exact) mass is 187 g/mol. The Morgan fingerprint density at radius 2 is 2.38 bits per heavy atom. The van der Waals surface area contributed by atoms with Gasteiger partial charge in [0.1, 0.15) is 0 Å². The summed E-state index contributed by atoms with van der Waals surface area (Å²) < 4.78 is 4.81. The second-order valence-electron chi connectivity index (χ2n) is 3.08. The van der Waals surface area contributed by atoms with E-state index in [1.807, 2.05) is 0 Å². The lowest BCUT2D eigenvalue weighted by Crippen LogP contribution is -2.57. The molecule has 0 radical (unpaired) electrons. The summed E-state index contributed by atoms with van der Waals surface area (Å²) in [4.78, 5) is 11.1. The van der Waals surface area contributed by atoms with Crippen LogP contribution in [0, 0.1) is 0 Å². The van der Waals surface area contributed by atoms with Gasteiger partial charge in [-0.25, -0.2) is 0 Å². The smallest absolute Gasteiger partial charge is 0.234 e. The van der Waals surface area contributed by atoms with E-state index in [0.717, 1.165) is 13.1 Å². The Bertz CT molecular complexity index is 159. The van der Waals surface area contributed by atoms with Crippen molar-refractivity contribution in [3.05, 3.63) is 0 Å². The molecule has 0 spiro atoms. The minimum atomic E-state index is 0.0314. The van der Waals surface area contributed by atoms with Crippen LogP contribution in [0.4, 0.5) is 0 Å². The zero-order valence-corrected chi connectivity index (χ0v) is 7.93. The molecule has 0 bridgehead atoms. The second-order valence-corrected chi connectivity index (χ2v) is 3.08. The molecule has 1 heterocycles. The molecule has 1 rings (SSSR count). The van der Waals surface area contributed by atoms with Crippen molar-refractivity contribution in [1.82, 2.24) is 16.0 Å². The van der Waals surface area contributed by atoms with Crippen LogP contribution in [0.5, 0.6) is 0 Å². The van der Waals surface area contributed by atoms with Crippen LogP contribution in [-0.4, -0.2) is 51.8 Å². The first-order valence-corrected chi connectivity index (χ1v) is 4.52. The molecule has 5 heteroatoms. The largest absolute Gasteiger partial charge is 0.383 e. The van der Waals surface area contributed by atoms with Gasteiger partial charge in [-0.2, -0.15) is 0 Å². The Morgan fingerprint density at radius 1 is 1.62 bits per heavy atom. The minimum Gasteiger partial charge on any atom is -0.383 e. The molecule has 1 amide bonds. The lowest BCUT2D eigenvalue weighted by atomic mass is 10.2. The molecular formula is C8H17N3O2. The molecule has 76 valence electrons. The third-order valence-corrected chi connectivity index (χ3v) is 1.96. The molecule has 0 unspecified atom stereocenters. The number of rotatable bonds is 6. The van der Waals surface area contributed by atoms with Gasteiger partial charge in [0.05, 0.1) is 13.2 Å². The lowest BCUT2D eigenvalue weighted by molar-refractivity contribution is -0.120. The molecular weight excluding hydrogens is 170 g/mol. The molecule has 1 fully saturated rings. The highest BCUT2D eigenvalue weighted by atomic mass is 16.5. The highest BCUT2D eigenvalue weighted by molar-refractivity contribution is 5.77. The molecule has 0 atom stereocenters. The summed E-state index contributed by atoms with van der Waals surface area (Å²) in [5, 5.41) is 8.99. The van der Waals surface area contributed by atoms with Gasteiger partial charge < -0.3 is 20.7 Å². The first-order chi connectivity index (χ1) is 6.33. The number of ether oxygens (including phenoxy) is 1. The maximum atomic E-state index is 11.1. The van der Waals surface area contributed by atoms with Gasteiger partial charge in [0.15, 0.2) is 0 Å². The summed E-state index contributed by atoms with van der Waals surface area (Å²) in [5.74, 6) is 0.0314. The third-order valence-electron chi connectivity index (χ3n) is 1.96. The molecule has 0 saturated carbocycles. The molecule has 0 aromatic heterocycles. The highest BCUT2D eigenvalue weighted by Gasteiger charge is 2.16. The van der Waals surface area contributed by atoms with Gasteiger partial charge in [0.25, 0.3) is 0 Å². The van der Waals surface area contributed by atoms with E-state index in [9.17, 15) is 4.79 Å². The van der Waals surface area contributed by atoms with Gasteiger partial charge in [-0.3, -0.25) is 4.79 Å². The molecule has 0 aromatic rings. The van der Waals surface area contributed by atoms with Crippen LogP contribution in [0.15, 0.2) is 0 Å². The van der Waals surface area contributed by atoms with Gasteiger partial charge in [0.2, 0.25) is 5.91 Å². The summed E-state index contributed by atoms with van der Waals surface area (Å²) in [6.45, 7) is 3.48. The average Bonchev–Trinajstić information content (AvgIpc) is 2.02. The fourth-order valence-electron chi connectivity index (χ4n) is 1.03.